The molecule has 1 aromatic heterocycles. The van der Waals surface area contributed by atoms with Crippen molar-refractivity contribution in [1.82, 2.24) is 20.5 Å². The summed E-state index contributed by atoms with van der Waals surface area (Å²) in [5.41, 5.74) is 2.04. The molecule has 0 spiro atoms. The predicted molar refractivity (Wildman–Crippen MR) is 83.5 cm³/mol. The molecule has 6 nitrogen and oxygen atoms in total. The van der Waals surface area contributed by atoms with E-state index in [0.717, 1.165) is 37.1 Å². The van der Waals surface area contributed by atoms with E-state index >= 15 is 0 Å². The van der Waals surface area contributed by atoms with Crippen molar-refractivity contribution < 1.29 is 9.53 Å². The molecule has 1 unspecified atom stereocenters. The average Bonchev–Trinajstić information content (AvgIpc) is 3.06. The molecule has 0 bridgehead atoms. The molecule has 1 saturated carbocycles. The van der Waals surface area contributed by atoms with Gasteiger partial charge < -0.3 is 10.1 Å². The van der Waals surface area contributed by atoms with E-state index in [9.17, 15) is 4.79 Å². The second-order valence-corrected chi connectivity index (χ2v) is 6.33. The van der Waals surface area contributed by atoms with Gasteiger partial charge in [0, 0.05) is 0 Å². The number of nitrogens with zero attached hydrogens (tertiary/aromatic N) is 2. The maximum Gasteiger partial charge on any atom is 0.223 e. The van der Waals surface area contributed by atoms with E-state index in [4.69, 9.17) is 4.74 Å². The minimum absolute atomic E-state index is 0.00260. The molecule has 4 rings (SSSR count). The standard InChI is InChI=1S/C17H20N4O2/c22-15(20-17(7-3-8-17)16-18-11-19-21-16)10-14-13-5-2-1-4-12(13)6-9-23-14/h1-2,4-5,11,14H,3,6-10H2,(H,20,22)(H,18,19,21). The van der Waals surface area contributed by atoms with Crippen molar-refractivity contribution in [2.24, 2.45) is 0 Å². The second kappa shape index (κ2) is 5.77. The van der Waals surface area contributed by atoms with Gasteiger partial charge in [-0.1, -0.05) is 24.3 Å². The van der Waals surface area contributed by atoms with Gasteiger partial charge in [-0.05, 0) is 36.8 Å². The molecular formula is C17H20N4O2. The van der Waals surface area contributed by atoms with Crippen LogP contribution >= 0.6 is 0 Å². The molecule has 120 valence electrons. The molecule has 0 saturated heterocycles. The van der Waals surface area contributed by atoms with Gasteiger partial charge in [0.05, 0.1) is 24.7 Å². The quantitative estimate of drug-likeness (QED) is 0.905. The Hall–Kier alpha value is -2.21. The number of H-pyrrole nitrogens is 1. The topological polar surface area (TPSA) is 79.9 Å². The zero-order chi connectivity index (χ0) is 15.7. The lowest BCUT2D eigenvalue weighted by atomic mass is 9.76. The summed E-state index contributed by atoms with van der Waals surface area (Å²) in [4.78, 5) is 16.8. The molecule has 1 fully saturated rings. The first-order valence-corrected chi connectivity index (χ1v) is 8.13. The van der Waals surface area contributed by atoms with Gasteiger partial charge in [0.1, 0.15) is 12.2 Å². The number of benzene rings is 1. The highest BCUT2D eigenvalue weighted by Crippen LogP contribution is 2.39. The third kappa shape index (κ3) is 2.63. The Labute approximate surface area is 134 Å². The lowest BCUT2D eigenvalue weighted by molar-refractivity contribution is -0.127. The Kier molecular flexibility index (Phi) is 3.61. The molecule has 1 amide bonds. The van der Waals surface area contributed by atoms with Crippen LogP contribution in [0.3, 0.4) is 0 Å². The van der Waals surface area contributed by atoms with Crippen LogP contribution < -0.4 is 5.32 Å². The van der Waals surface area contributed by atoms with Crippen LogP contribution in [0.2, 0.25) is 0 Å². The highest BCUT2D eigenvalue weighted by molar-refractivity contribution is 5.78. The summed E-state index contributed by atoms with van der Waals surface area (Å²) in [6.45, 7) is 0.669. The summed E-state index contributed by atoms with van der Waals surface area (Å²) in [6, 6.07) is 8.21. The lowest BCUT2D eigenvalue weighted by Gasteiger charge is -2.40. The second-order valence-electron chi connectivity index (χ2n) is 6.33. The summed E-state index contributed by atoms with van der Waals surface area (Å²) in [5.74, 6) is 0.755. The highest BCUT2D eigenvalue weighted by Gasteiger charge is 2.43. The van der Waals surface area contributed by atoms with Crippen molar-refractivity contribution in [3.05, 3.63) is 47.5 Å². The fourth-order valence-corrected chi connectivity index (χ4v) is 3.52. The largest absolute Gasteiger partial charge is 0.373 e. The van der Waals surface area contributed by atoms with Crippen molar-refractivity contribution in [3.8, 4) is 0 Å². The van der Waals surface area contributed by atoms with Gasteiger partial charge >= 0.3 is 0 Å². The normalized spacial score (nSPS) is 22.0. The smallest absolute Gasteiger partial charge is 0.223 e. The SMILES string of the molecule is O=C(CC1OCCc2ccccc21)NC1(c2ncn[nH]2)CCC1. The first kappa shape index (κ1) is 14.4. The van der Waals surface area contributed by atoms with Gasteiger partial charge in [-0.25, -0.2) is 4.98 Å². The molecule has 1 aromatic carbocycles. The number of nitrogens with one attached hydrogen (secondary N) is 2. The molecule has 1 aliphatic heterocycles. The number of carbonyl (C=O) groups is 1. The van der Waals surface area contributed by atoms with Crippen LogP contribution in [-0.2, 0) is 21.5 Å². The van der Waals surface area contributed by atoms with E-state index in [-0.39, 0.29) is 17.6 Å². The average molecular weight is 312 g/mol. The number of amides is 1. The zero-order valence-corrected chi connectivity index (χ0v) is 12.9. The minimum atomic E-state index is -0.373. The van der Waals surface area contributed by atoms with Gasteiger partial charge in [0.25, 0.3) is 0 Å². The Morgan fingerprint density at radius 3 is 3.00 bits per heavy atom. The number of aromatic amines is 1. The van der Waals surface area contributed by atoms with Gasteiger partial charge in [0.15, 0.2) is 0 Å². The van der Waals surface area contributed by atoms with Crippen LogP contribution in [0.4, 0.5) is 0 Å². The van der Waals surface area contributed by atoms with Gasteiger partial charge in [-0.3, -0.25) is 9.89 Å². The maximum absolute atomic E-state index is 12.6. The van der Waals surface area contributed by atoms with E-state index in [2.05, 4.69) is 32.6 Å². The molecule has 2 N–H and O–H groups in total. The molecule has 2 heterocycles. The number of hydrogen-bond donors (Lipinski definition) is 2. The number of ether oxygens (including phenoxy) is 1. The number of rotatable bonds is 4. The van der Waals surface area contributed by atoms with Crippen LogP contribution in [0, 0.1) is 0 Å². The predicted octanol–water partition coefficient (Wildman–Crippen LogP) is 2.00. The third-order valence-corrected chi connectivity index (χ3v) is 4.92. The first-order valence-electron chi connectivity index (χ1n) is 8.13. The van der Waals surface area contributed by atoms with Gasteiger partial charge in [-0.2, -0.15) is 5.10 Å². The summed E-state index contributed by atoms with van der Waals surface area (Å²) in [7, 11) is 0. The first-order chi connectivity index (χ1) is 11.3. The Bertz CT molecular complexity index is 694. The zero-order valence-electron chi connectivity index (χ0n) is 12.9. The summed E-state index contributed by atoms with van der Waals surface area (Å²) >= 11 is 0. The van der Waals surface area contributed by atoms with E-state index < -0.39 is 0 Å². The van der Waals surface area contributed by atoms with Crippen LogP contribution in [0.15, 0.2) is 30.6 Å². The Morgan fingerprint density at radius 1 is 1.39 bits per heavy atom. The van der Waals surface area contributed by atoms with Crippen molar-refractivity contribution in [3.63, 3.8) is 0 Å². The Morgan fingerprint density at radius 2 is 2.26 bits per heavy atom. The summed E-state index contributed by atoms with van der Waals surface area (Å²) in [5, 5.41) is 9.97. The van der Waals surface area contributed by atoms with Crippen LogP contribution in [0.1, 0.15) is 48.7 Å². The van der Waals surface area contributed by atoms with Crippen molar-refractivity contribution >= 4 is 5.91 Å². The molecule has 0 radical (unpaired) electrons. The van der Waals surface area contributed by atoms with E-state index in [1.54, 1.807) is 0 Å². The molecule has 23 heavy (non-hydrogen) atoms. The maximum atomic E-state index is 12.6. The van der Waals surface area contributed by atoms with E-state index in [0.29, 0.717) is 13.0 Å². The molecule has 2 aromatic rings. The van der Waals surface area contributed by atoms with E-state index in [1.807, 2.05) is 12.1 Å². The fourth-order valence-electron chi connectivity index (χ4n) is 3.52. The number of aromatic nitrogens is 3. The highest BCUT2D eigenvalue weighted by atomic mass is 16.5. The monoisotopic (exact) mass is 312 g/mol. The van der Waals surface area contributed by atoms with Gasteiger partial charge in [-0.15, -0.1) is 0 Å². The molecule has 2 aliphatic rings. The van der Waals surface area contributed by atoms with Crippen LogP contribution in [0.25, 0.3) is 0 Å². The third-order valence-electron chi connectivity index (χ3n) is 4.92. The Balaban J connectivity index is 1.47. The molecule has 1 atom stereocenters. The molecular weight excluding hydrogens is 292 g/mol. The number of carbonyl (C=O) groups excluding carboxylic acids is 1. The fraction of sp³-hybridized carbons (Fsp3) is 0.471. The number of hydrogen-bond acceptors (Lipinski definition) is 4. The molecule has 6 heteroatoms. The summed E-state index contributed by atoms with van der Waals surface area (Å²) in [6.07, 6.45) is 5.47. The van der Waals surface area contributed by atoms with Crippen molar-refractivity contribution in [1.29, 1.82) is 0 Å². The summed E-state index contributed by atoms with van der Waals surface area (Å²) < 4.78 is 5.84. The lowest BCUT2D eigenvalue weighted by Crippen LogP contribution is -2.51. The van der Waals surface area contributed by atoms with Crippen molar-refractivity contribution in [2.75, 3.05) is 6.61 Å². The molecule has 1 aliphatic carbocycles. The van der Waals surface area contributed by atoms with Gasteiger partial charge in [0.2, 0.25) is 5.91 Å². The number of fused-ring (bicyclic) bond motifs is 1. The van der Waals surface area contributed by atoms with E-state index in [1.165, 1.54) is 11.9 Å². The van der Waals surface area contributed by atoms with Crippen molar-refractivity contribution in [2.45, 2.75) is 43.7 Å². The minimum Gasteiger partial charge on any atom is -0.373 e. The van der Waals surface area contributed by atoms with Crippen LogP contribution in [-0.4, -0.2) is 27.7 Å². The van der Waals surface area contributed by atoms with Crippen LogP contribution in [0.5, 0.6) is 0 Å².